The standard InChI is InChI=1S/C14H13BrN2OS/c1-18-8-12-13(15)3-2-4-14(12)17-7-11-5-10(6-16)9-19-11/h2-5,9,17H,7-8H2,1H3. The van der Waals surface area contributed by atoms with Crippen LogP contribution in [0.5, 0.6) is 0 Å². The second-order valence-corrected chi connectivity index (χ2v) is 5.82. The summed E-state index contributed by atoms with van der Waals surface area (Å²) >= 11 is 5.12. The van der Waals surface area contributed by atoms with Gasteiger partial charge in [-0.2, -0.15) is 5.26 Å². The van der Waals surface area contributed by atoms with E-state index in [1.54, 1.807) is 18.4 Å². The monoisotopic (exact) mass is 336 g/mol. The molecule has 19 heavy (non-hydrogen) atoms. The van der Waals surface area contributed by atoms with E-state index in [1.807, 2.05) is 29.6 Å². The van der Waals surface area contributed by atoms with Gasteiger partial charge in [0.05, 0.1) is 12.2 Å². The van der Waals surface area contributed by atoms with Gasteiger partial charge in [0.25, 0.3) is 0 Å². The normalized spacial score (nSPS) is 10.2. The molecule has 3 nitrogen and oxygen atoms in total. The fourth-order valence-electron chi connectivity index (χ4n) is 1.73. The van der Waals surface area contributed by atoms with Crippen molar-refractivity contribution in [2.24, 2.45) is 0 Å². The van der Waals surface area contributed by atoms with Gasteiger partial charge in [-0.3, -0.25) is 0 Å². The summed E-state index contributed by atoms with van der Waals surface area (Å²) in [4.78, 5) is 1.14. The number of methoxy groups -OCH3 is 1. The summed E-state index contributed by atoms with van der Waals surface area (Å²) in [6.07, 6.45) is 0. The Hall–Kier alpha value is -1.35. The number of rotatable bonds is 5. The number of nitriles is 1. The summed E-state index contributed by atoms with van der Waals surface area (Å²) in [6, 6.07) is 10.1. The van der Waals surface area contributed by atoms with Gasteiger partial charge in [0.15, 0.2) is 0 Å². The van der Waals surface area contributed by atoms with Crippen LogP contribution in [-0.2, 0) is 17.9 Å². The molecule has 0 aliphatic heterocycles. The van der Waals surface area contributed by atoms with Crippen LogP contribution in [0, 0.1) is 11.3 Å². The van der Waals surface area contributed by atoms with E-state index in [1.165, 1.54) is 0 Å². The Labute approximate surface area is 125 Å². The summed E-state index contributed by atoms with van der Waals surface area (Å²) in [6.45, 7) is 1.26. The summed E-state index contributed by atoms with van der Waals surface area (Å²) in [5.74, 6) is 0. The highest BCUT2D eigenvalue weighted by molar-refractivity contribution is 9.10. The number of hydrogen-bond acceptors (Lipinski definition) is 4. The predicted molar refractivity (Wildman–Crippen MR) is 81.2 cm³/mol. The summed E-state index contributed by atoms with van der Waals surface area (Å²) in [5, 5.41) is 14.1. The molecule has 0 bridgehead atoms. The molecule has 0 radical (unpaired) electrons. The molecule has 1 aromatic heterocycles. The van der Waals surface area contributed by atoms with Crippen LogP contribution >= 0.6 is 27.3 Å². The third kappa shape index (κ3) is 3.57. The van der Waals surface area contributed by atoms with Gasteiger partial charge in [-0.1, -0.05) is 22.0 Å². The maximum Gasteiger partial charge on any atom is 0.100 e. The van der Waals surface area contributed by atoms with E-state index in [9.17, 15) is 0 Å². The zero-order chi connectivity index (χ0) is 13.7. The lowest BCUT2D eigenvalue weighted by molar-refractivity contribution is 0.185. The second kappa shape index (κ2) is 6.71. The van der Waals surface area contributed by atoms with Crippen molar-refractivity contribution in [2.75, 3.05) is 12.4 Å². The molecule has 98 valence electrons. The molecule has 0 amide bonds. The first-order valence-electron chi connectivity index (χ1n) is 5.72. The van der Waals surface area contributed by atoms with E-state index >= 15 is 0 Å². The van der Waals surface area contributed by atoms with Crippen LogP contribution < -0.4 is 5.32 Å². The molecule has 1 aromatic carbocycles. The number of benzene rings is 1. The van der Waals surface area contributed by atoms with Gasteiger partial charge < -0.3 is 10.1 Å². The smallest absolute Gasteiger partial charge is 0.100 e. The Morgan fingerprint density at radius 2 is 2.32 bits per heavy atom. The highest BCUT2D eigenvalue weighted by Gasteiger charge is 2.07. The first-order chi connectivity index (χ1) is 9.24. The number of ether oxygens (including phenoxy) is 1. The zero-order valence-corrected chi connectivity index (χ0v) is 12.8. The average molecular weight is 337 g/mol. The van der Waals surface area contributed by atoms with Crippen LogP contribution in [0.2, 0.25) is 0 Å². The third-order valence-corrected chi connectivity index (χ3v) is 4.32. The largest absolute Gasteiger partial charge is 0.380 e. The van der Waals surface area contributed by atoms with E-state index in [4.69, 9.17) is 10.00 Å². The number of thiophene rings is 1. The van der Waals surface area contributed by atoms with Gasteiger partial charge in [0.2, 0.25) is 0 Å². The van der Waals surface area contributed by atoms with Crippen molar-refractivity contribution in [1.29, 1.82) is 5.26 Å². The van der Waals surface area contributed by atoms with Crippen molar-refractivity contribution < 1.29 is 4.74 Å². The van der Waals surface area contributed by atoms with Crippen LogP contribution in [0.25, 0.3) is 0 Å². The number of hydrogen-bond donors (Lipinski definition) is 1. The molecular formula is C14H13BrN2OS. The molecule has 2 rings (SSSR count). The highest BCUT2D eigenvalue weighted by Crippen LogP contribution is 2.26. The summed E-state index contributed by atoms with van der Waals surface area (Å²) in [5.41, 5.74) is 2.86. The fraction of sp³-hybridized carbons (Fsp3) is 0.214. The minimum Gasteiger partial charge on any atom is -0.380 e. The quantitative estimate of drug-likeness (QED) is 0.892. The van der Waals surface area contributed by atoms with Crippen LogP contribution in [0.1, 0.15) is 16.0 Å². The molecule has 5 heteroatoms. The number of halogens is 1. The minimum absolute atomic E-state index is 0.553. The Kier molecular flexibility index (Phi) is 4.97. The Morgan fingerprint density at radius 1 is 1.47 bits per heavy atom. The van der Waals surface area contributed by atoms with Crippen molar-refractivity contribution in [3.05, 3.63) is 50.1 Å². The van der Waals surface area contributed by atoms with Crippen LogP contribution in [-0.4, -0.2) is 7.11 Å². The molecule has 1 N–H and O–H groups in total. The number of anilines is 1. The first-order valence-corrected chi connectivity index (χ1v) is 7.39. The molecule has 0 unspecified atom stereocenters. The van der Waals surface area contributed by atoms with Crippen molar-refractivity contribution >= 4 is 33.0 Å². The Bertz CT molecular complexity index is 604. The molecule has 0 aliphatic rings. The van der Waals surface area contributed by atoms with Crippen molar-refractivity contribution in [3.8, 4) is 6.07 Å². The number of nitrogens with zero attached hydrogens (tertiary/aromatic N) is 1. The predicted octanol–water partition coefficient (Wildman–Crippen LogP) is 4.14. The van der Waals surface area contributed by atoms with Gasteiger partial charge in [0, 0.05) is 39.6 Å². The zero-order valence-electron chi connectivity index (χ0n) is 10.4. The van der Waals surface area contributed by atoms with E-state index < -0.39 is 0 Å². The molecule has 2 aromatic rings. The van der Waals surface area contributed by atoms with Gasteiger partial charge in [0.1, 0.15) is 6.07 Å². The van der Waals surface area contributed by atoms with Gasteiger partial charge in [-0.15, -0.1) is 11.3 Å². The maximum atomic E-state index is 8.80. The highest BCUT2D eigenvalue weighted by atomic mass is 79.9. The molecule has 0 saturated heterocycles. The van der Waals surface area contributed by atoms with E-state index in [-0.39, 0.29) is 0 Å². The molecule has 0 spiro atoms. The summed E-state index contributed by atoms with van der Waals surface area (Å²) < 4.78 is 6.24. The van der Waals surface area contributed by atoms with Crippen LogP contribution in [0.4, 0.5) is 5.69 Å². The molecular weight excluding hydrogens is 324 g/mol. The van der Waals surface area contributed by atoms with Crippen LogP contribution in [0.3, 0.4) is 0 Å². The van der Waals surface area contributed by atoms with Gasteiger partial charge >= 0.3 is 0 Å². The number of nitrogens with one attached hydrogen (secondary N) is 1. The van der Waals surface area contributed by atoms with Crippen LogP contribution in [0.15, 0.2) is 34.1 Å². The van der Waals surface area contributed by atoms with E-state index in [2.05, 4.69) is 27.3 Å². The minimum atomic E-state index is 0.553. The third-order valence-electron chi connectivity index (χ3n) is 2.64. The van der Waals surface area contributed by atoms with Gasteiger partial charge in [-0.05, 0) is 18.2 Å². The van der Waals surface area contributed by atoms with Gasteiger partial charge in [-0.25, -0.2) is 0 Å². The van der Waals surface area contributed by atoms with E-state index in [0.717, 1.165) is 20.6 Å². The topological polar surface area (TPSA) is 45.0 Å². The fourth-order valence-corrected chi connectivity index (χ4v) is 2.96. The van der Waals surface area contributed by atoms with Crippen molar-refractivity contribution in [2.45, 2.75) is 13.2 Å². The molecule has 0 atom stereocenters. The first kappa shape index (κ1) is 14.1. The van der Waals surface area contributed by atoms with E-state index in [0.29, 0.717) is 18.7 Å². The molecule has 1 heterocycles. The lowest BCUT2D eigenvalue weighted by Crippen LogP contribution is -2.02. The van der Waals surface area contributed by atoms with Crippen molar-refractivity contribution in [3.63, 3.8) is 0 Å². The molecule has 0 aliphatic carbocycles. The average Bonchev–Trinajstić information content (AvgIpc) is 2.87. The molecule has 0 saturated carbocycles. The lowest BCUT2D eigenvalue weighted by atomic mass is 10.2. The molecule has 0 fully saturated rings. The van der Waals surface area contributed by atoms with Crippen molar-refractivity contribution in [1.82, 2.24) is 0 Å². The lowest BCUT2D eigenvalue weighted by Gasteiger charge is -2.12. The summed E-state index contributed by atoms with van der Waals surface area (Å²) in [7, 11) is 1.68. The maximum absolute atomic E-state index is 8.80. The Morgan fingerprint density at radius 3 is 3.00 bits per heavy atom. The second-order valence-electron chi connectivity index (χ2n) is 3.97. The SMILES string of the molecule is COCc1c(Br)cccc1NCc1cc(C#N)cs1. The Balaban J connectivity index is 2.11.